The van der Waals surface area contributed by atoms with Crippen LogP contribution < -0.4 is 0 Å². The molecule has 1 amide bonds. The SMILES string of the molecule is Cc1cccc([C@@H]2CCCN2C(=O)c2c(Br)cnn2C)c1. The van der Waals surface area contributed by atoms with Crippen LogP contribution in [0.4, 0.5) is 0 Å². The lowest BCUT2D eigenvalue weighted by atomic mass is 10.0. The van der Waals surface area contributed by atoms with Crippen molar-refractivity contribution in [3.05, 3.63) is 51.8 Å². The Bertz CT molecular complexity index is 660. The Morgan fingerprint density at radius 3 is 2.90 bits per heavy atom. The molecule has 0 aliphatic carbocycles. The summed E-state index contributed by atoms with van der Waals surface area (Å²) in [6.07, 6.45) is 3.73. The molecule has 110 valence electrons. The summed E-state index contributed by atoms with van der Waals surface area (Å²) in [5.41, 5.74) is 3.07. The molecule has 1 fully saturated rings. The molecule has 0 spiro atoms. The topological polar surface area (TPSA) is 38.1 Å². The van der Waals surface area contributed by atoms with E-state index in [0.29, 0.717) is 5.69 Å². The Morgan fingerprint density at radius 1 is 1.43 bits per heavy atom. The van der Waals surface area contributed by atoms with Crippen LogP contribution in [0, 0.1) is 6.92 Å². The number of likely N-dealkylation sites (tertiary alicyclic amines) is 1. The number of nitrogens with zero attached hydrogens (tertiary/aromatic N) is 3. The van der Waals surface area contributed by atoms with Gasteiger partial charge in [0.25, 0.3) is 5.91 Å². The molecular weight excluding hydrogens is 330 g/mol. The number of benzene rings is 1. The molecule has 0 bridgehead atoms. The van der Waals surface area contributed by atoms with Crippen LogP contribution in [0.1, 0.15) is 40.5 Å². The maximum atomic E-state index is 12.9. The number of carbonyl (C=O) groups is 1. The van der Waals surface area contributed by atoms with E-state index in [1.807, 2.05) is 4.90 Å². The first kappa shape index (κ1) is 14.3. The lowest BCUT2D eigenvalue weighted by molar-refractivity contribution is 0.0723. The molecule has 2 heterocycles. The summed E-state index contributed by atoms with van der Waals surface area (Å²) < 4.78 is 2.39. The zero-order valence-corrected chi connectivity index (χ0v) is 13.8. The highest BCUT2D eigenvalue weighted by Gasteiger charge is 2.32. The van der Waals surface area contributed by atoms with E-state index in [0.717, 1.165) is 23.9 Å². The number of carbonyl (C=O) groups excluding carboxylic acids is 1. The van der Waals surface area contributed by atoms with Crippen LogP contribution in [0.25, 0.3) is 0 Å². The van der Waals surface area contributed by atoms with Crippen molar-refractivity contribution in [2.45, 2.75) is 25.8 Å². The summed E-state index contributed by atoms with van der Waals surface area (Å²) in [7, 11) is 1.80. The monoisotopic (exact) mass is 347 g/mol. The minimum absolute atomic E-state index is 0.0471. The second-order valence-corrected chi connectivity index (χ2v) is 6.39. The largest absolute Gasteiger partial charge is 0.330 e. The smallest absolute Gasteiger partial charge is 0.273 e. The lowest BCUT2D eigenvalue weighted by Crippen LogP contribution is -2.32. The second kappa shape index (κ2) is 5.64. The van der Waals surface area contributed by atoms with Gasteiger partial charge in [0, 0.05) is 13.6 Å². The van der Waals surface area contributed by atoms with Crippen molar-refractivity contribution < 1.29 is 4.79 Å². The highest BCUT2D eigenvalue weighted by Crippen LogP contribution is 2.34. The average molecular weight is 348 g/mol. The molecule has 2 aromatic rings. The number of aromatic nitrogens is 2. The van der Waals surface area contributed by atoms with Crippen molar-refractivity contribution in [3.8, 4) is 0 Å². The zero-order chi connectivity index (χ0) is 15.0. The zero-order valence-electron chi connectivity index (χ0n) is 12.2. The van der Waals surface area contributed by atoms with Gasteiger partial charge in [0.2, 0.25) is 0 Å². The normalized spacial score (nSPS) is 18.2. The van der Waals surface area contributed by atoms with E-state index in [9.17, 15) is 4.79 Å². The molecule has 1 aliphatic rings. The molecule has 1 saturated heterocycles. The van der Waals surface area contributed by atoms with E-state index >= 15 is 0 Å². The molecule has 5 heteroatoms. The van der Waals surface area contributed by atoms with Gasteiger partial charge in [0.1, 0.15) is 5.69 Å². The summed E-state index contributed by atoms with van der Waals surface area (Å²) in [5.74, 6) is 0.0471. The Labute approximate surface area is 132 Å². The number of hydrogen-bond acceptors (Lipinski definition) is 2. The van der Waals surface area contributed by atoms with Crippen LogP contribution >= 0.6 is 15.9 Å². The van der Waals surface area contributed by atoms with Crippen LogP contribution in [0.15, 0.2) is 34.9 Å². The third-order valence-corrected chi connectivity index (χ3v) is 4.62. The molecule has 3 rings (SSSR count). The van der Waals surface area contributed by atoms with E-state index in [4.69, 9.17) is 0 Å². The van der Waals surface area contributed by atoms with Gasteiger partial charge in [-0.3, -0.25) is 9.48 Å². The van der Waals surface area contributed by atoms with Gasteiger partial charge < -0.3 is 4.90 Å². The van der Waals surface area contributed by atoms with Crippen LogP contribution in [0.5, 0.6) is 0 Å². The van der Waals surface area contributed by atoms with E-state index in [1.54, 1.807) is 17.9 Å². The predicted octanol–water partition coefficient (Wildman–Crippen LogP) is 3.47. The number of rotatable bonds is 2. The molecule has 21 heavy (non-hydrogen) atoms. The van der Waals surface area contributed by atoms with Gasteiger partial charge in [-0.1, -0.05) is 29.8 Å². The molecule has 0 saturated carbocycles. The maximum absolute atomic E-state index is 12.9. The lowest BCUT2D eigenvalue weighted by Gasteiger charge is -2.25. The van der Waals surface area contributed by atoms with Crippen molar-refractivity contribution in [3.63, 3.8) is 0 Å². The fourth-order valence-corrected chi connectivity index (χ4v) is 3.54. The molecule has 0 radical (unpaired) electrons. The van der Waals surface area contributed by atoms with Crippen LogP contribution in [0.2, 0.25) is 0 Å². The first-order chi connectivity index (χ1) is 10.1. The van der Waals surface area contributed by atoms with Gasteiger partial charge in [0.05, 0.1) is 16.7 Å². The Hall–Kier alpha value is -1.62. The van der Waals surface area contributed by atoms with E-state index < -0.39 is 0 Å². The molecular formula is C16H18BrN3O. The van der Waals surface area contributed by atoms with Crippen LogP contribution in [-0.4, -0.2) is 27.1 Å². The third kappa shape index (κ3) is 2.62. The maximum Gasteiger partial charge on any atom is 0.273 e. The van der Waals surface area contributed by atoms with Gasteiger partial charge >= 0.3 is 0 Å². The Morgan fingerprint density at radius 2 is 2.24 bits per heavy atom. The quantitative estimate of drug-likeness (QED) is 0.834. The van der Waals surface area contributed by atoms with E-state index in [1.165, 1.54) is 11.1 Å². The number of aryl methyl sites for hydroxylation is 2. The van der Waals surface area contributed by atoms with Crippen molar-refractivity contribution in [1.82, 2.24) is 14.7 Å². The van der Waals surface area contributed by atoms with Crippen LogP contribution in [0.3, 0.4) is 0 Å². The summed E-state index contributed by atoms with van der Waals surface area (Å²) in [4.78, 5) is 14.8. The van der Waals surface area contributed by atoms with Gasteiger partial charge in [0.15, 0.2) is 0 Å². The van der Waals surface area contributed by atoms with Gasteiger partial charge in [-0.2, -0.15) is 5.10 Å². The first-order valence-corrected chi connectivity index (χ1v) is 7.92. The average Bonchev–Trinajstić information content (AvgIpc) is 3.05. The van der Waals surface area contributed by atoms with Crippen molar-refractivity contribution in [2.75, 3.05) is 6.54 Å². The second-order valence-electron chi connectivity index (χ2n) is 5.54. The standard InChI is InChI=1S/C16H18BrN3O/c1-11-5-3-6-12(9-11)14-7-4-8-20(14)16(21)15-13(17)10-18-19(15)2/h3,5-6,9-10,14H,4,7-8H2,1-2H3/t14-/m0/s1. The van der Waals surface area contributed by atoms with E-state index in [-0.39, 0.29) is 11.9 Å². The minimum atomic E-state index is 0.0471. The van der Waals surface area contributed by atoms with Gasteiger partial charge in [-0.25, -0.2) is 0 Å². The molecule has 1 aromatic carbocycles. The van der Waals surface area contributed by atoms with Crippen molar-refractivity contribution in [2.24, 2.45) is 7.05 Å². The van der Waals surface area contributed by atoms with Crippen molar-refractivity contribution in [1.29, 1.82) is 0 Å². The van der Waals surface area contributed by atoms with Crippen LogP contribution in [-0.2, 0) is 7.05 Å². The molecule has 1 aromatic heterocycles. The number of hydrogen-bond donors (Lipinski definition) is 0. The summed E-state index contributed by atoms with van der Waals surface area (Å²) in [6, 6.07) is 8.60. The number of amides is 1. The van der Waals surface area contributed by atoms with Crippen molar-refractivity contribution >= 4 is 21.8 Å². The fraction of sp³-hybridized carbons (Fsp3) is 0.375. The summed E-state index contributed by atoms with van der Waals surface area (Å²) >= 11 is 3.42. The first-order valence-electron chi connectivity index (χ1n) is 7.13. The number of halogens is 1. The Kier molecular flexibility index (Phi) is 3.85. The minimum Gasteiger partial charge on any atom is -0.330 e. The summed E-state index contributed by atoms with van der Waals surface area (Å²) in [5, 5.41) is 4.14. The van der Waals surface area contributed by atoms with E-state index in [2.05, 4.69) is 52.2 Å². The Balaban J connectivity index is 1.93. The molecule has 4 nitrogen and oxygen atoms in total. The van der Waals surface area contributed by atoms with Gasteiger partial charge in [-0.05, 0) is 41.3 Å². The molecule has 0 unspecified atom stereocenters. The third-order valence-electron chi connectivity index (χ3n) is 4.04. The van der Waals surface area contributed by atoms with Gasteiger partial charge in [-0.15, -0.1) is 0 Å². The highest BCUT2D eigenvalue weighted by atomic mass is 79.9. The highest BCUT2D eigenvalue weighted by molar-refractivity contribution is 9.10. The molecule has 1 aliphatic heterocycles. The predicted molar refractivity (Wildman–Crippen MR) is 85.1 cm³/mol. The molecule has 0 N–H and O–H groups in total. The summed E-state index contributed by atoms with van der Waals surface area (Å²) in [6.45, 7) is 2.89. The fourth-order valence-electron chi connectivity index (χ4n) is 3.02. The molecule has 1 atom stereocenters.